The lowest BCUT2D eigenvalue weighted by molar-refractivity contribution is 0.488. The standard InChI is InChI=1S/C14H11NO3S3/c1-10-15-12(9-19-10)13-7-8-14(20-13)21(16,17)18-11-5-3-2-4-6-11/h2-9H,1H3. The highest BCUT2D eigenvalue weighted by Gasteiger charge is 2.20. The number of hydrogen-bond acceptors (Lipinski definition) is 6. The van der Waals surface area contributed by atoms with Crippen LogP contribution in [0.4, 0.5) is 0 Å². The molecule has 0 aliphatic carbocycles. The fourth-order valence-electron chi connectivity index (χ4n) is 1.71. The van der Waals surface area contributed by atoms with Crippen LogP contribution >= 0.6 is 22.7 Å². The van der Waals surface area contributed by atoms with Crippen LogP contribution in [0.2, 0.25) is 0 Å². The molecule has 1 aromatic carbocycles. The quantitative estimate of drug-likeness (QED) is 0.677. The van der Waals surface area contributed by atoms with Crippen molar-refractivity contribution in [2.24, 2.45) is 0 Å². The van der Waals surface area contributed by atoms with Crippen molar-refractivity contribution < 1.29 is 12.6 Å². The molecular formula is C14H11NO3S3. The van der Waals surface area contributed by atoms with Crippen molar-refractivity contribution >= 4 is 32.8 Å². The summed E-state index contributed by atoms with van der Waals surface area (Å²) < 4.78 is 29.7. The Hall–Kier alpha value is -1.70. The Bertz CT molecular complexity index is 850. The van der Waals surface area contributed by atoms with E-state index in [1.807, 2.05) is 12.3 Å². The fraction of sp³-hybridized carbons (Fsp3) is 0.0714. The first-order chi connectivity index (χ1) is 10.0. The van der Waals surface area contributed by atoms with Crippen molar-refractivity contribution in [1.82, 2.24) is 4.98 Å². The van der Waals surface area contributed by atoms with E-state index in [1.54, 1.807) is 42.5 Å². The first-order valence-electron chi connectivity index (χ1n) is 6.06. The minimum atomic E-state index is -3.80. The number of aromatic nitrogens is 1. The van der Waals surface area contributed by atoms with E-state index >= 15 is 0 Å². The number of rotatable bonds is 4. The summed E-state index contributed by atoms with van der Waals surface area (Å²) in [4.78, 5) is 5.17. The SMILES string of the molecule is Cc1nc(-c2ccc(S(=O)(=O)Oc3ccccc3)s2)cs1. The maximum Gasteiger partial charge on any atom is 0.348 e. The van der Waals surface area contributed by atoms with Crippen molar-refractivity contribution in [3.05, 3.63) is 52.9 Å². The number of hydrogen-bond donors (Lipinski definition) is 0. The van der Waals surface area contributed by atoms with E-state index in [1.165, 1.54) is 11.3 Å². The van der Waals surface area contributed by atoms with Crippen molar-refractivity contribution in [3.8, 4) is 16.3 Å². The summed E-state index contributed by atoms with van der Waals surface area (Å²) >= 11 is 2.69. The molecule has 21 heavy (non-hydrogen) atoms. The Morgan fingerprint density at radius 1 is 1.10 bits per heavy atom. The van der Waals surface area contributed by atoms with E-state index < -0.39 is 10.1 Å². The van der Waals surface area contributed by atoms with Gasteiger partial charge in [0, 0.05) is 5.38 Å². The highest BCUT2D eigenvalue weighted by molar-refractivity contribution is 7.89. The van der Waals surface area contributed by atoms with Crippen LogP contribution in [0.15, 0.2) is 52.1 Å². The van der Waals surface area contributed by atoms with E-state index in [0.29, 0.717) is 5.75 Å². The highest BCUT2D eigenvalue weighted by atomic mass is 32.3. The van der Waals surface area contributed by atoms with Gasteiger partial charge in [-0.25, -0.2) is 4.98 Å². The number of benzene rings is 1. The Morgan fingerprint density at radius 3 is 2.52 bits per heavy atom. The molecule has 0 amide bonds. The van der Waals surface area contributed by atoms with Gasteiger partial charge in [0.15, 0.2) is 4.21 Å². The van der Waals surface area contributed by atoms with Crippen LogP contribution in [0.5, 0.6) is 5.75 Å². The first kappa shape index (κ1) is 14.2. The maximum atomic E-state index is 12.2. The van der Waals surface area contributed by atoms with Gasteiger partial charge in [-0.1, -0.05) is 18.2 Å². The van der Waals surface area contributed by atoms with Gasteiger partial charge in [0.2, 0.25) is 0 Å². The second-order valence-corrected chi connectivity index (χ2v) is 8.14. The molecule has 0 saturated heterocycles. The molecule has 2 heterocycles. The van der Waals surface area contributed by atoms with Gasteiger partial charge in [-0.15, -0.1) is 22.7 Å². The molecule has 0 unspecified atom stereocenters. The third-order valence-electron chi connectivity index (χ3n) is 2.65. The third kappa shape index (κ3) is 3.15. The van der Waals surface area contributed by atoms with Gasteiger partial charge in [0.1, 0.15) is 5.75 Å². The van der Waals surface area contributed by atoms with Gasteiger partial charge >= 0.3 is 10.1 Å². The monoisotopic (exact) mass is 337 g/mol. The van der Waals surface area contributed by atoms with Gasteiger partial charge in [-0.2, -0.15) is 8.42 Å². The molecule has 108 valence electrons. The zero-order valence-electron chi connectivity index (χ0n) is 11.0. The second kappa shape index (κ2) is 5.59. The third-order valence-corrected chi connectivity index (χ3v) is 6.23. The number of thiophene rings is 1. The summed E-state index contributed by atoms with van der Waals surface area (Å²) in [5.41, 5.74) is 0.795. The fourth-order valence-corrected chi connectivity index (χ4v) is 4.56. The predicted octanol–water partition coefficient (Wildman–Crippen LogP) is 3.95. The normalized spacial score (nSPS) is 11.5. The van der Waals surface area contributed by atoms with Gasteiger partial charge in [-0.05, 0) is 31.2 Å². The summed E-state index contributed by atoms with van der Waals surface area (Å²) in [6, 6.07) is 11.8. The Balaban J connectivity index is 1.88. The maximum absolute atomic E-state index is 12.2. The van der Waals surface area contributed by atoms with Crippen molar-refractivity contribution in [2.75, 3.05) is 0 Å². The lowest BCUT2D eigenvalue weighted by Crippen LogP contribution is -2.07. The lowest BCUT2D eigenvalue weighted by atomic mass is 10.3. The van der Waals surface area contributed by atoms with E-state index in [-0.39, 0.29) is 4.21 Å². The number of nitrogens with zero attached hydrogens (tertiary/aromatic N) is 1. The largest absolute Gasteiger partial charge is 0.378 e. The van der Waals surface area contributed by atoms with Crippen LogP contribution in [0, 0.1) is 6.92 Å². The summed E-state index contributed by atoms with van der Waals surface area (Å²) in [5, 5.41) is 2.86. The van der Waals surface area contributed by atoms with Crippen molar-refractivity contribution in [3.63, 3.8) is 0 Å². The second-order valence-electron chi connectivity index (χ2n) is 4.22. The van der Waals surface area contributed by atoms with E-state index in [0.717, 1.165) is 26.9 Å². The molecule has 3 aromatic rings. The van der Waals surface area contributed by atoms with Crippen LogP contribution in [0.3, 0.4) is 0 Å². The molecule has 0 aliphatic heterocycles. The van der Waals surface area contributed by atoms with E-state index in [4.69, 9.17) is 4.18 Å². The predicted molar refractivity (Wildman–Crippen MR) is 84.4 cm³/mol. The van der Waals surface area contributed by atoms with E-state index in [9.17, 15) is 8.42 Å². The molecule has 0 fully saturated rings. The van der Waals surface area contributed by atoms with Crippen LogP contribution in [0.1, 0.15) is 5.01 Å². The summed E-state index contributed by atoms with van der Waals surface area (Å²) in [5.74, 6) is 0.303. The summed E-state index contributed by atoms with van der Waals surface area (Å²) in [6.07, 6.45) is 0. The zero-order chi connectivity index (χ0) is 14.9. The smallest absolute Gasteiger partial charge is 0.348 e. The van der Waals surface area contributed by atoms with Gasteiger partial charge in [0.05, 0.1) is 15.6 Å². The Labute approximate surface area is 130 Å². The molecule has 0 N–H and O–H groups in total. The van der Waals surface area contributed by atoms with Crippen molar-refractivity contribution in [2.45, 2.75) is 11.1 Å². The van der Waals surface area contributed by atoms with Crippen LogP contribution in [-0.2, 0) is 10.1 Å². The van der Waals surface area contributed by atoms with Gasteiger partial charge < -0.3 is 4.18 Å². The average molecular weight is 337 g/mol. The summed E-state index contributed by atoms with van der Waals surface area (Å²) in [7, 11) is -3.80. The molecule has 3 rings (SSSR count). The molecule has 4 nitrogen and oxygen atoms in total. The first-order valence-corrected chi connectivity index (χ1v) is 9.17. The molecule has 0 saturated carbocycles. The Kier molecular flexibility index (Phi) is 3.79. The molecule has 0 spiro atoms. The minimum absolute atomic E-state index is 0.173. The minimum Gasteiger partial charge on any atom is -0.378 e. The highest BCUT2D eigenvalue weighted by Crippen LogP contribution is 2.32. The molecular weight excluding hydrogens is 326 g/mol. The molecule has 0 aliphatic rings. The molecule has 0 bridgehead atoms. The zero-order valence-corrected chi connectivity index (χ0v) is 13.5. The van der Waals surface area contributed by atoms with E-state index in [2.05, 4.69) is 4.98 Å². The number of aryl methyl sites for hydroxylation is 1. The van der Waals surface area contributed by atoms with Crippen LogP contribution < -0.4 is 4.18 Å². The van der Waals surface area contributed by atoms with Crippen molar-refractivity contribution in [1.29, 1.82) is 0 Å². The molecule has 0 radical (unpaired) electrons. The van der Waals surface area contributed by atoms with Gasteiger partial charge in [0.25, 0.3) is 0 Å². The van der Waals surface area contributed by atoms with Crippen LogP contribution in [-0.4, -0.2) is 13.4 Å². The molecule has 0 atom stereocenters. The topological polar surface area (TPSA) is 56.3 Å². The number of para-hydroxylation sites is 1. The molecule has 2 aromatic heterocycles. The molecule has 7 heteroatoms. The summed E-state index contributed by atoms with van der Waals surface area (Å²) in [6.45, 7) is 1.91. The number of thiazole rings is 1. The van der Waals surface area contributed by atoms with Crippen LogP contribution in [0.25, 0.3) is 10.6 Å². The Morgan fingerprint density at radius 2 is 1.86 bits per heavy atom. The lowest BCUT2D eigenvalue weighted by Gasteiger charge is -2.04. The average Bonchev–Trinajstić information content (AvgIpc) is 3.08. The van der Waals surface area contributed by atoms with Gasteiger partial charge in [-0.3, -0.25) is 0 Å².